The summed E-state index contributed by atoms with van der Waals surface area (Å²) in [5.74, 6) is 2.94. The molecule has 7 nitrogen and oxygen atoms in total. The Bertz CT molecular complexity index is 835. The predicted molar refractivity (Wildman–Crippen MR) is 129 cm³/mol. The Morgan fingerprint density at radius 3 is 2.75 bits per heavy atom. The van der Waals surface area contributed by atoms with E-state index in [1.165, 1.54) is 24.6 Å². The van der Waals surface area contributed by atoms with Crippen molar-refractivity contribution >= 4 is 23.7 Å². The molecule has 1 aromatic heterocycles. The lowest BCUT2D eigenvalue weighted by Crippen LogP contribution is -2.14. The SMILES string of the molecule is CCCCC(CC)COC(=O)CCSc1ccnc(NCc2ccc(OC)cc2OC)n1. The third kappa shape index (κ3) is 8.94. The summed E-state index contributed by atoms with van der Waals surface area (Å²) in [6.07, 6.45) is 6.59. The summed E-state index contributed by atoms with van der Waals surface area (Å²) in [5, 5.41) is 4.03. The van der Waals surface area contributed by atoms with Crippen molar-refractivity contribution in [3.8, 4) is 11.5 Å². The van der Waals surface area contributed by atoms with Crippen LogP contribution in [0.2, 0.25) is 0 Å². The maximum Gasteiger partial charge on any atom is 0.306 e. The third-order valence-electron chi connectivity index (χ3n) is 5.14. The van der Waals surface area contributed by atoms with Crippen LogP contribution in [0.1, 0.15) is 51.5 Å². The molecule has 1 heterocycles. The fourth-order valence-electron chi connectivity index (χ4n) is 3.10. The Labute approximate surface area is 195 Å². The van der Waals surface area contributed by atoms with E-state index in [-0.39, 0.29) is 5.97 Å². The van der Waals surface area contributed by atoms with Crippen molar-refractivity contribution in [2.24, 2.45) is 5.92 Å². The number of thioether (sulfide) groups is 1. The molecule has 0 amide bonds. The smallest absolute Gasteiger partial charge is 0.306 e. The highest BCUT2D eigenvalue weighted by Gasteiger charge is 2.11. The van der Waals surface area contributed by atoms with Gasteiger partial charge < -0.3 is 19.5 Å². The van der Waals surface area contributed by atoms with Gasteiger partial charge in [0.15, 0.2) is 0 Å². The molecule has 0 bridgehead atoms. The van der Waals surface area contributed by atoms with E-state index in [0.29, 0.717) is 37.2 Å². The fourth-order valence-corrected chi connectivity index (χ4v) is 3.89. The van der Waals surface area contributed by atoms with E-state index in [9.17, 15) is 4.79 Å². The molecule has 32 heavy (non-hydrogen) atoms. The number of unbranched alkanes of at least 4 members (excludes halogenated alkanes) is 1. The van der Waals surface area contributed by atoms with Crippen LogP contribution in [0.3, 0.4) is 0 Å². The van der Waals surface area contributed by atoms with Crippen molar-refractivity contribution in [2.75, 3.05) is 31.9 Å². The Hall–Kier alpha value is -2.48. The maximum atomic E-state index is 12.1. The molecule has 176 valence electrons. The van der Waals surface area contributed by atoms with Crippen LogP contribution in [0, 0.1) is 5.92 Å². The van der Waals surface area contributed by atoms with E-state index in [1.54, 1.807) is 20.4 Å². The van der Waals surface area contributed by atoms with Crippen LogP contribution >= 0.6 is 11.8 Å². The highest BCUT2D eigenvalue weighted by Crippen LogP contribution is 2.25. The van der Waals surface area contributed by atoms with Crippen molar-refractivity contribution < 1.29 is 19.0 Å². The molecule has 0 aliphatic heterocycles. The van der Waals surface area contributed by atoms with Gasteiger partial charge in [-0.1, -0.05) is 33.1 Å². The molecule has 0 fully saturated rings. The lowest BCUT2D eigenvalue weighted by molar-refractivity contribution is -0.144. The molecule has 0 saturated carbocycles. The van der Waals surface area contributed by atoms with Gasteiger partial charge >= 0.3 is 5.97 Å². The molecule has 8 heteroatoms. The van der Waals surface area contributed by atoms with E-state index in [0.717, 1.165) is 34.9 Å². The number of benzene rings is 1. The van der Waals surface area contributed by atoms with E-state index in [2.05, 4.69) is 29.1 Å². The molecule has 0 aliphatic rings. The number of hydrogen-bond acceptors (Lipinski definition) is 8. The Kier molecular flexibility index (Phi) is 11.7. The van der Waals surface area contributed by atoms with Crippen LogP contribution in [-0.4, -0.2) is 42.5 Å². The fraction of sp³-hybridized carbons (Fsp3) is 0.542. The molecule has 0 radical (unpaired) electrons. The number of carbonyl (C=O) groups excluding carboxylic acids is 1. The standard InChI is InChI=1S/C24H35N3O4S/c1-5-7-8-18(6-2)17-31-23(28)12-14-32-22-11-13-25-24(27-22)26-16-19-9-10-20(29-3)15-21(19)30-4/h9-11,13,15,18H,5-8,12,14,16-17H2,1-4H3,(H,25,26,27). The van der Waals surface area contributed by atoms with E-state index in [4.69, 9.17) is 14.2 Å². The number of methoxy groups -OCH3 is 2. The number of rotatable bonds is 15. The van der Waals surface area contributed by atoms with Crippen molar-refractivity contribution in [3.63, 3.8) is 0 Å². The molecule has 0 saturated heterocycles. The molecule has 1 aromatic carbocycles. The summed E-state index contributed by atoms with van der Waals surface area (Å²) in [4.78, 5) is 20.9. The molecule has 1 unspecified atom stereocenters. The highest BCUT2D eigenvalue weighted by atomic mass is 32.2. The number of ether oxygens (including phenoxy) is 3. The first-order valence-corrected chi connectivity index (χ1v) is 12.1. The lowest BCUT2D eigenvalue weighted by atomic mass is 10.0. The minimum absolute atomic E-state index is 0.147. The Morgan fingerprint density at radius 1 is 1.19 bits per heavy atom. The monoisotopic (exact) mass is 461 g/mol. The molecular weight excluding hydrogens is 426 g/mol. The summed E-state index contributed by atoms with van der Waals surface area (Å²) in [6.45, 7) is 5.37. The number of aromatic nitrogens is 2. The number of nitrogens with one attached hydrogen (secondary N) is 1. The van der Waals surface area contributed by atoms with Crippen molar-refractivity contribution in [1.82, 2.24) is 9.97 Å². The zero-order valence-corrected chi connectivity index (χ0v) is 20.4. The van der Waals surface area contributed by atoms with Crippen molar-refractivity contribution in [2.45, 2.75) is 57.5 Å². The average Bonchev–Trinajstić information content (AvgIpc) is 2.83. The van der Waals surface area contributed by atoms with Gasteiger partial charge in [-0.05, 0) is 30.5 Å². The van der Waals surface area contributed by atoms with E-state index in [1.807, 2.05) is 24.3 Å². The van der Waals surface area contributed by atoms with Gasteiger partial charge in [-0.15, -0.1) is 11.8 Å². The number of carbonyl (C=O) groups is 1. The van der Waals surface area contributed by atoms with Crippen LogP contribution in [0.15, 0.2) is 35.5 Å². The van der Waals surface area contributed by atoms with Gasteiger partial charge in [0.2, 0.25) is 5.95 Å². The molecule has 2 rings (SSSR count). The second kappa shape index (κ2) is 14.6. The van der Waals surface area contributed by atoms with Gasteiger partial charge in [0.1, 0.15) is 16.5 Å². The second-order valence-corrected chi connectivity index (χ2v) is 8.56. The molecule has 0 aliphatic carbocycles. The minimum Gasteiger partial charge on any atom is -0.497 e. The first-order chi connectivity index (χ1) is 15.6. The third-order valence-corrected chi connectivity index (χ3v) is 6.07. The Balaban J connectivity index is 1.78. The zero-order valence-electron chi connectivity index (χ0n) is 19.6. The first-order valence-electron chi connectivity index (χ1n) is 11.2. The van der Waals surface area contributed by atoms with Gasteiger partial charge in [0, 0.05) is 30.1 Å². The summed E-state index contributed by atoms with van der Waals surface area (Å²) < 4.78 is 16.1. The predicted octanol–water partition coefficient (Wildman–Crippen LogP) is 5.35. The maximum absolute atomic E-state index is 12.1. The summed E-state index contributed by atoms with van der Waals surface area (Å²) in [6, 6.07) is 7.52. The Morgan fingerprint density at radius 2 is 2.03 bits per heavy atom. The number of anilines is 1. The van der Waals surface area contributed by atoms with Crippen LogP contribution in [0.25, 0.3) is 0 Å². The lowest BCUT2D eigenvalue weighted by Gasteiger charge is -2.14. The van der Waals surface area contributed by atoms with Crippen LogP contribution < -0.4 is 14.8 Å². The van der Waals surface area contributed by atoms with Crippen molar-refractivity contribution in [1.29, 1.82) is 0 Å². The van der Waals surface area contributed by atoms with Gasteiger partial charge in [0.25, 0.3) is 0 Å². The number of nitrogens with zero attached hydrogens (tertiary/aromatic N) is 2. The second-order valence-electron chi connectivity index (χ2n) is 7.45. The van der Waals surface area contributed by atoms with Crippen molar-refractivity contribution in [3.05, 3.63) is 36.0 Å². The molecule has 1 N–H and O–H groups in total. The number of esters is 1. The van der Waals surface area contributed by atoms with Crippen LogP contribution in [0.5, 0.6) is 11.5 Å². The van der Waals surface area contributed by atoms with E-state index < -0.39 is 0 Å². The highest BCUT2D eigenvalue weighted by molar-refractivity contribution is 7.99. The van der Waals surface area contributed by atoms with Crippen LogP contribution in [-0.2, 0) is 16.1 Å². The largest absolute Gasteiger partial charge is 0.497 e. The topological polar surface area (TPSA) is 82.6 Å². The summed E-state index contributed by atoms with van der Waals surface area (Å²) in [5.41, 5.74) is 0.974. The number of hydrogen-bond donors (Lipinski definition) is 1. The van der Waals surface area contributed by atoms with Gasteiger partial charge in [0.05, 0.1) is 27.2 Å². The normalized spacial score (nSPS) is 11.6. The first kappa shape index (κ1) is 25.8. The summed E-state index contributed by atoms with van der Waals surface area (Å²) in [7, 11) is 3.25. The summed E-state index contributed by atoms with van der Waals surface area (Å²) >= 11 is 1.52. The average molecular weight is 462 g/mol. The zero-order chi connectivity index (χ0) is 23.2. The van der Waals surface area contributed by atoms with E-state index >= 15 is 0 Å². The van der Waals surface area contributed by atoms with Gasteiger partial charge in [-0.25, -0.2) is 9.97 Å². The quantitative estimate of drug-likeness (QED) is 0.216. The van der Waals surface area contributed by atoms with Crippen LogP contribution in [0.4, 0.5) is 5.95 Å². The van der Waals surface area contributed by atoms with Gasteiger partial charge in [-0.2, -0.15) is 0 Å². The molecule has 2 aromatic rings. The molecule has 1 atom stereocenters. The minimum atomic E-state index is -0.147. The molecular formula is C24H35N3O4S. The van der Waals surface area contributed by atoms with Gasteiger partial charge in [-0.3, -0.25) is 4.79 Å². The molecule has 0 spiro atoms.